The molecule has 0 spiro atoms. The highest BCUT2D eigenvalue weighted by Gasteiger charge is 2.58. The van der Waals surface area contributed by atoms with E-state index in [1.54, 1.807) is 0 Å². The zero-order valence-electron chi connectivity index (χ0n) is 9.48. The molecule has 0 radical (unpaired) electrons. The van der Waals surface area contributed by atoms with Crippen LogP contribution in [-0.2, 0) is 14.5 Å². The largest absolute Gasteiger partial charge is 0.395 e. The third kappa shape index (κ3) is 4.00. The fourth-order valence-electron chi connectivity index (χ4n) is 1.02. The van der Waals surface area contributed by atoms with Crippen LogP contribution in [0.15, 0.2) is 0 Å². The molecule has 0 aromatic rings. The SMILES string of the molecule is O=[N+]([O-])OCC(CO)(CO)C(O)(O[N+](=O)[O-])O[N+](=O)[O-]. The second-order valence-electron chi connectivity index (χ2n) is 3.31. The first-order chi connectivity index (χ1) is 9.12. The molecule has 0 fully saturated rings. The van der Waals surface area contributed by atoms with Crippen molar-refractivity contribution in [2.45, 2.75) is 5.97 Å². The van der Waals surface area contributed by atoms with Gasteiger partial charge in [-0.25, -0.2) is 9.68 Å². The predicted octanol–water partition coefficient (Wildman–Crippen LogP) is -2.77. The lowest BCUT2D eigenvalue weighted by Crippen LogP contribution is -2.60. The summed E-state index contributed by atoms with van der Waals surface area (Å²) in [6, 6.07) is 0. The van der Waals surface area contributed by atoms with Crippen molar-refractivity contribution < 1.29 is 45.1 Å². The maximum Gasteiger partial charge on any atom is 0.376 e. The number of hydrogen-bond donors (Lipinski definition) is 3. The van der Waals surface area contributed by atoms with E-state index in [9.17, 15) is 35.4 Å². The van der Waals surface area contributed by atoms with Gasteiger partial charge in [-0.15, -0.1) is 30.3 Å². The van der Waals surface area contributed by atoms with Crippen molar-refractivity contribution in [3.63, 3.8) is 0 Å². The van der Waals surface area contributed by atoms with E-state index in [2.05, 4.69) is 14.5 Å². The van der Waals surface area contributed by atoms with E-state index in [0.717, 1.165) is 0 Å². The molecule has 0 rings (SSSR count). The summed E-state index contributed by atoms with van der Waals surface area (Å²) in [7, 11) is 0. The maximum atomic E-state index is 10.2. The molecule has 20 heavy (non-hydrogen) atoms. The van der Waals surface area contributed by atoms with Gasteiger partial charge in [-0.05, 0) is 0 Å². The third-order valence-electron chi connectivity index (χ3n) is 2.12. The summed E-state index contributed by atoms with van der Waals surface area (Å²) < 4.78 is 0. The lowest BCUT2D eigenvalue weighted by Gasteiger charge is -2.39. The lowest BCUT2D eigenvalue weighted by molar-refractivity contribution is -0.905. The van der Waals surface area contributed by atoms with Crippen LogP contribution in [0.4, 0.5) is 0 Å². The highest BCUT2D eigenvalue weighted by atomic mass is 17.1. The average molecular weight is 303 g/mol. The standard InChI is InChI=1S/C5H9N3O12/c9-1-4(2-10,3-18-6(12)13)5(11,19-7(14)15)20-8(16)17/h9-11H,1-3H2. The summed E-state index contributed by atoms with van der Waals surface area (Å²) >= 11 is 0. The smallest absolute Gasteiger partial charge is 0.376 e. The second-order valence-corrected chi connectivity index (χ2v) is 3.31. The topological polar surface area (TPSA) is 218 Å². The number of aliphatic hydroxyl groups excluding tert-OH is 2. The molecule has 0 aliphatic carbocycles. The van der Waals surface area contributed by atoms with Crippen molar-refractivity contribution >= 4 is 0 Å². The molecule has 116 valence electrons. The minimum Gasteiger partial charge on any atom is -0.395 e. The molecule has 0 aliphatic rings. The summed E-state index contributed by atoms with van der Waals surface area (Å²) in [5, 5.41) is 53.2. The fourth-order valence-corrected chi connectivity index (χ4v) is 1.02. The Kier molecular flexibility index (Phi) is 5.76. The van der Waals surface area contributed by atoms with Crippen LogP contribution in [0, 0.1) is 35.8 Å². The van der Waals surface area contributed by atoms with Gasteiger partial charge in [0, 0.05) is 0 Å². The maximum absolute atomic E-state index is 10.2. The van der Waals surface area contributed by atoms with E-state index < -0.39 is 46.5 Å². The van der Waals surface area contributed by atoms with Gasteiger partial charge in [0.15, 0.2) is 0 Å². The molecule has 0 bridgehead atoms. The Morgan fingerprint density at radius 2 is 1.30 bits per heavy atom. The molecule has 15 nitrogen and oxygen atoms in total. The Hall–Kier alpha value is -2.52. The zero-order chi connectivity index (χ0) is 16.0. The highest BCUT2D eigenvalue weighted by Crippen LogP contribution is 2.34. The van der Waals surface area contributed by atoms with Crippen molar-refractivity contribution in [2.75, 3.05) is 19.8 Å². The summed E-state index contributed by atoms with van der Waals surface area (Å²) in [6.07, 6.45) is 0. The Bertz CT molecular complexity index is 363. The molecule has 15 heteroatoms. The lowest BCUT2D eigenvalue weighted by atomic mass is 9.88. The van der Waals surface area contributed by atoms with E-state index in [0.29, 0.717) is 0 Å². The van der Waals surface area contributed by atoms with Gasteiger partial charge in [0.1, 0.15) is 12.0 Å². The summed E-state index contributed by atoms with van der Waals surface area (Å²) in [5.41, 5.74) is -2.79. The molecule has 0 atom stereocenters. The molecule has 0 amide bonds. The van der Waals surface area contributed by atoms with Gasteiger partial charge in [0.2, 0.25) is 0 Å². The van der Waals surface area contributed by atoms with Crippen molar-refractivity contribution in [3.05, 3.63) is 30.3 Å². The summed E-state index contributed by atoms with van der Waals surface area (Å²) in [5.74, 6) is -3.83. The van der Waals surface area contributed by atoms with Gasteiger partial charge in [0.25, 0.3) is 15.3 Å². The third-order valence-corrected chi connectivity index (χ3v) is 2.12. The van der Waals surface area contributed by atoms with Crippen LogP contribution in [0.5, 0.6) is 0 Å². The molecule has 0 unspecified atom stereocenters. The van der Waals surface area contributed by atoms with Gasteiger partial charge >= 0.3 is 5.97 Å². The normalized spacial score (nSPS) is 11.6. The summed E-state index contributed by atoms with van der Waals surface area (Å²) in [4.78, 5) is 41.2. The molecule has 0 aromatic heterocycles. The van der Waals surface area contributed by atoms with Crippen molar-refractivity contribution in [3.8, 4) is 0 Å². The number of hydrogen-bond acceptors (Lipinski definition) is 12. The van der Waals surface area contributed by atoms with Crippen LogP contribution in [0.1, 0.15) is 0 Å². The van der Waals surface area contributed by atoms with Crippen LogP contribution in [0.3, 0.4) is 0 Å². The van der Waals surface area contributed by atoms with E-state index in [4.69, 9.17) is 10.2 Å². The minimum absolute atomic E-state index is 1.40. The van der Waals surface area contributed by atoms with Crippen LogP contribution in [-0.4, -0.2) is 56.4 Å². The Morgan fingerprint density at radius 3 is 1.55 bits per heavy atom. The second kappa shape index (κ2) is 6.59. The minimum atomic E-state index is -3.83. The summed E-state index contributed by atoms with van der Waals surface area (Å²) in [6.45, 7) is -4.30. The van der Waals surface area contributed by atoms with Gasteiger partial charge in [-0.3, -0.25) is 0 Å². The van der Waals surface area contributed by atoms with Gasteiger partial charge < -0.3 is 20.2 Å². The average Bonchev–Trinajstić information content (AvgIpc) is 2.27. The Balaban J connectivity index is 5.54. The zero-order valence-corrected chi connectivity index (χ0v) is 9.48. The predicted molar refractivity (Wildman–Crippen MR) is 50.7 cm³/mol. The monoisotopic (exact) mass is 303 g/mol. The van der Waals surface area contributed by atoms with E-state index in [-0.39, 0.29) is 0 Å². The van der Waals surface area contributed by atoms with Crippen molar-refractivity contribution in [1.29, 1.82) is 0 Å². The van der Waals surface area contributed by atoms with Gasteiger partial charge in [-0.2, -0.15) is 0 Å². The Labute approximate surface area is 108 Å². The molecule has 0 saturated heterocycles. The van der Waals surface area contributed by atoms with Crippen LogP contribution < -0.4 is 0 Å². The molecule has 0 saturated carbocycles. The van der Waals surface area contributed by atoms with Crippen molar-refractivity contribution in [1.82, 2.24) is 0 Å². The molecule has 0 aliphatic heterocycles. The fraction of sp³-hybridized carbons (Fsp3) is 1.00. The number of aliphatic hydroxyl groups is 3. The van der Waals surface area contributed by atoms with E-state index in [1.807, 2.05) is 0 Å². The molecular formula is C5H9N3O12. The molecular weight excluding hydrogens is 294 g/mol. The molecule has 3 N–H and O–H groups in total. The van der Waals surface area contributed by atoms with Crippen molar-refractivity contribution in [2.24, 2.45) is 5.41 Å². The number of rotatable bonds is 10. The van der Waals surface area contributed by atoms with Gasteiger partial charge in [-0.1, -0.05) is 0 Å². The van der Waals surface area contributed by atoms with E-state index in [1.165, 1.54) is 0 Å². The van der Waals surface area contributed by atoms with Crippen LogP contribution in [0.25, 0.3) is 0 Å². The van der Waals surface area contributed by atoms with Crippen LogP contribution in [0.2, 0.25) is 0 Å². The van der Waals surface area contributed by atoms with Gasteiger partial charge in [0.05, 0.1) is 13.2 Å². The van der Waals surface area contributed by atoms with E-state index >= 15 is 0 Å². The first-order valence-corrected chi connectivity index (χ1v) is 4.51. The van der Waals surface area contributed by atoms with Crippen LogP contribution >= 0.6 is 0 Å². The first-order valence-electron chi connectivity index (χ1n) is 4.51. The number of nitrogens with zero attached hydrogens (tertiary/aromatic N) is 3. The highest BCUT2D eigenvalue weighted by molar-refractivity contribution is 4.85. The Morgan fingerprint density at radius 1 is 0.900 bits per heavy atom. The quantitative estimate of drug-likeness (QED) is 0.212. The molecule has 0 heterocycles. The molecule has 0 aromatic carbocycles. The first kappa shape index (κ1) is 17.5.